The van der Waals surface area contributed by atoms with Crippen LogP contribution in [0.5, 0.6) is 0 Å². The van der Waals surface area contributed by atoms with E-state index in [4.69, 9.17) is 5.73 Å². The zero-order valence-electron chi connectivity index (χ0n) is 8.21. The van der Waals surface area contributed by atoms with E-state index in [1.54, 1.807) is 12.1 Å². The van der Waals surface area contributed by atoms with Gasteiger partial charge in [0.15, 0.2) is 0 Å². The molecule has 1 amide bonds. The molecule has 0 aromatic heterocycles. The van der Waals surface area contributed by atoms with Crippen LogP contribution < -0.4 is 5.73 Å². The lowest BCUT2D eigenvalue weighted by atomic mass is 10.1. The fourth-order valence-corrected chi connectivity index (χ4v) is 1.76. The Bertz CT molecular complexity index is 442. The van der Waals surface area contributed by atoms with E-state index < -0.39 is 24.9 Å². The number of anilines is 1. The zero-order valence-corrected chi connectivity index (χ0v) is 9.80. The zero-order chi connectivity index (χ0) is 11.9. The average molecular weight is 291 g/mol. The van der Waals surface area contributed by atoms with Crippen LogP contribution in [0.3, 0.4) is 0 Å². The van der Waals surface area contributed by atoms with Crippen LogP contribution in [-0.4, -0.2) is 29.8 Å². The molecule has 0 radical (unpaired) electrons. The molecule has 1 saturated heterocycles. The highest BCUT2D eigenvalue weighted by Gasteiger charge is 2.46. The number of nitrogen functional groups attached to an aromatic ring is 1. The summed E-state index contributed by atoms with van der Waals surface area (Å²) in [6, 6.07) is 4.66. The second-order valence-electron chi connectivity index (χ2n) is 3.75. The van der Waals surface area contributed by atoms with Gasteiger partial charge in [-0.25, -0.2) is 8.78 Å². The lowest BCUT2D eigenvalue weighted by Crippen LogP contribution is -2.58. The molecular weight excluding hydrogens is 282 g/mol. The lowest BCUT2D eigenvalue weighted by Gasteiger charge is -2.38. The van der Waals surface area contributed by atoms with E-state index >= 15 is 0 Å². The third-order valence-corrected chi connectivity index (χ3v) is 3.10. The normalized spacial score (nSPS) is 18.1. The van der Waals surface area contributed by atoms with E-state index in [0.29, 0.717) is 15.7 Å². The van der Waals surface area contributed by atoms with Crippen molar-refractivity contribution in [1.82, 2.24) is 4.90 Å². The van der Waals surface area contributed by atoms with E-state index in [9.17, 15) is 13.6 Å². The number of nitrogens with two attached hydrogens (primary N) is 1. The molecule has 2 rings (SSSR count). The van der Waals surface area contributed by atoms with Gasteiger partial charge in [-0.1, -0.05) is 0 Å². The standard InChI is InChI=1S/C10H9BrF2N2O/c11-7-2-1-6(3-8(7)14)9(16)15-4-10(12,13)5-15/h1-3H,4-5,14H2. The van der Waals surface area contributed by atoms with Crippen molar-refractivity contribution in [3.05, 3.63) is 28.2 Å². The highest BCUT2D eigenvalue weighted by molar-refractivity contribution is 9.10. The quantitative estimate of drug-likeness (QED) is 0.806. The molecule has 0 atom stereocenters. The molecule has 86 valence electrons. The molecule has 6 heteroatoms. The molecule has 1 heterocycles. The van der Waals surface area contributed by atoms with Crippen molar-refractivity contribution in [1.29, 1.82) is 0 Å². The van der Waals surface area contributed by atoms with Crippen molar-refractivity contribution in [3.8, 4) is 0 Å². The van der Waals surface area contributed by atoms with Gasteiger partial charge in [0.1, 0.15) is 0 Å². The molecule has 16 heavy (non-hydrogen) atoms. The Morgan fingerprint density at radius 3 is 2.56 bits per heavy atom. The van der Waals surface area contributed by atoms with Gasteiger partial charge in [-0.2, -0.15) is 0 Å². The summed E-state index contributed by atoms with van der Waals surface area (Å²) < 4.78 is 25.8. The van der Waals surface area contributed by atoms with E-state index in [-0.39, 0.29) is 0 Å². The first kappa shape index (κ1) is 11.3. The highest BCUT2D eigenvalue weighted by atomic mass is 79.9. The van der Waals surface area contributed by atoms with Gasteiger partial charge >= 0.3 is 0 Å². The Hall–Kier alpha value is -1.17. The largest absolute Gasteiger partial charge is 0.398 e. The predicted octanol–water partition coefficient (Wildman–Crippen LogP) is 2.12. The number of hydrogen-bond donors (Lipinski definition) is 1. The summed E-state index contributed by atoms with van der Waals surface area (Å²) in [4.78, 5) is 12.8. The summed E-state index contributed by atoms with van der Waals surface area (Å²) in [5.74, 6) is -3.15. The van der Waals surface area contributed by atoms with Crippen LogP contribution in [0.15, 0.2) is 22.7 Å². The number of alkyl halides is 2. The highest BCUT2D eigenvalue weighted by Crippen LogP contribution is 2.29. The summed E-state index contributed by atoms with van der Waals surface area (Å²) in [5.41, 5.74) is 6.35. The first-order chi connectivity index (χ1) is 7.39. The third kappa shape index (κ3) is 2.02. The van der Waals surface area contributed by atoms with Gasteiger partial charge < -0.3 is 10.6 Å². The molecule has 1 aromatic carbocycles. The Kier molecular flexibility index (Phi) is 2.61. The minimum atomic E-state index is -2.74. The number of hydrogen-bond acceptors (Lipinski definition) is 2. The summed E-state index contributed by atoms with van der Waals surface area (Å²) in [6.45, 7) is -1.02. The van der Waals surface area contributed by atoms with E-state index in [1.807, 2.05) is 0 Å². The Labute approximate surface area is 99.3 Å². The van der Waals surface area contributed by atoms with Crippen LogP contribution in [0.2, 0.25) is 0 Å². The fraction of sp³-hybridized carbons (Fsp3) is 0.300. The number of benzene rings is 1. The van der Waals surface area contributed by atoms with Crippen molar-refractivity contribution in [2.75, 3.05) is 18.8 Å². The van der Waals surface area contributed by atoms with Crippen LogP contribution in [0.25, 0.3) is 0 Å². The van der Waals surface area contributed by atoms with Crippen molar-refractivity contribution >= 4 is 27.5 Å². The Morgan fingerprint density at radius 1 is 1.44 bits per heavy atom. The number of carbonyl (C=O) groups excluding carboxylic acids is 1. The average Bonchev–Trinajstić information content (AvgIpc) is 2.17. The molecule has 1 aliphatic heterocycles. The predicted molar refractivity (Wildman–Crippen MR) is 59.4 cm³/mol. The van der Waals surface area contributed by atoms with E-state index in [0.717, 1.165) is 4.90 Å². The number of nitrogens with zero attached hydrogens (tertiary/aromatic N) is 1. The Morgan fingerprint density at radius 2 is 2.06 bits per heavy atom. The molecular formula is C10H9BrF2N2O. The molecule has 2 N–H and O–H groups in total. The first-order valence-corrected chi connectivity index (χ1v) is 5.40. The van der Waals surface area contributed by atoms with Crippen molar-refractivity contribution < 1.29 is 13.6 Å². The minimum Gasteiger partial charge on any atom is -0.398 e. The summed E-state index contributed by atoms with van der Waals surface area (Å²) in [7, 11) is 0. The van der Waals surface area contributed by atoms with E-state index in [2.05, 4.69) is 15.9 Å². The molecule has 0 bridgehead atoms. The SMILES string of the molecule is Nc1cc(C(=O)N2CC(F)(F)C2)ccc1Br. The van der Waals surface area contributed by atoms with E-state index in [1.165, 1.54) is 6.07 Å². The van der Waals surface area contributed by atoms with Crippen LogP contribution in [0.4, 0.5) is 14.5 Å². The van der Waals surface area contributed by atoms with Crippen LogP contribution in [0.1, 0.15) is 10.4 Å². The van der Waals surface area contributed by atoms with Crippen molar-refractivity contribution in [2.45, 2.75) is 5.92 Å². The topological polar surface area (TPSA) is 46.3 Å². The Balaban J connectivity index is 2.13. The van der Waals surface area contributed by atoms with Gasteiger partial charge in [-0.3, -0.25) is 4.79 Å². The summed E-state index contributed by atoms with van der Waals surface area (Å²) in [6.07, 6.45) is 0. The molecule has 0 unspecified atom stereocenters. The van der Waals surface area contributed by atoms with Crippen molar-refractivity contribution in [3.63, 3.8) is 0 Å². The van der Waals surface area contributed by atoms with Crippen molar-refractivity contribution in [2.24, 2.45) is 0 Å². The number of amides is 1. The smallest absolute Gasteiger partial charge is 0.282 e. The number of likely N-dealkylation sites (tertiary alicyclic amines) is 1. The summed E-state index contributed by atoms with van der Waals surface area (Å²) in [5, 5.41) is 0. The van der Waals surface area contributed by atoms with Gasteiger partial charge in [0.2, 0.25) is 0 Å². The molecule has 1 fully saturated rings. The second kappa shape index (κ2) is 3.69. The molecule has 1 aliphatic rings. The molecule has 3 nitrogen and oxygen atoms in total. The van der Waals surface area contributed by atoms with Crippen LogP contribution in [0, 0.1) is 0 Å². The van der Waals surface area contributed by atoms with Gasteiger partial charge in [0.05, 0.1) is 13.1 Å². The third-order valence-electron chi connectivity index (χ3n) is 2.37. The minimum absolute atomic E-state index is 0.330. The number of halogens is 3. The summed E-state index contributed by atoms with van der Waals surface area (Å²) >= 11 is 3.19. The van der Waals surface area contributed by atoms with Crippen LogP contribution >= 0.6 is 15.9 Å². The lowest BCUT2D eigenvalue weighted by molar-refractivity contribution is -0.113. The number of rotatable bonds is 1. The first-order valence-electron chi connectivity index (χ1n) is 4.61. The maximum absolute atomic E-state index is 12.6. The molecule has 0 aliphatic carbocycles. The fourth-order valence-electron chi connectivity index (χ4n) is 1.52. The maximum Gasteiger partial charge on any atom is 0.282 e. The van der Waals surface area contributed by atoms with Crippen LogP contribution in [-0.2, 0) is 0 Å². The second-order valence-corrected chi connectivity index (χ2v) is 4.61. The molecule has 0 spiro atoms. The monoisotopic (exact) mass is 290 g/mol. The van der Waals surface area contributed by atoms with Gasteiger partial charge in [-0.05, 0) is 34.1 Å². The van der Waals surface area contributed by atoms with Gasteiger partial charge in [0, 0.05) is 15.7 Å². The number of carbonyl (C=O) groups is 1. The molecule has 0 saturated carbocycles. The van der Waals surface area contributed by atoms with Gasteiger partial charge in [-0.15, -0.1) is 0 Å². The molecule has 1 aromatic rings. The van der Waals surface area contributed by atoms with Gasteiger partial charge in [0.25, 0.3) is 11.8 Å². The maximum atomic E-state index is 12.6.